The van der Waals surface area contributed by atoms with Crippen LogP contribution in [0.15, 0.2) is 18.2 Å². The minimum atomic E-state index is -0.534. The number of halogens is 2. The molecular weight excluding hydrogens is 238 g/mol. The minimum Gasteiger partial charge on any atom is -0.378 e. The molecule has 18 heavy (non-hydrogen) atoms. The van der Waals surface area contributed by atoms with Crippen LogP contribution in [0.2, 0.25) is 0 Å². The summed E-state index contributed by atoms with van der Waals surface area (Å²) >= 11 is 0. The van der Waals surface area contributed by atoms with Crippen molar-refractivity contribution < 1.29 is 13.5 Å². The summed E-state index contributed by atoms with van der Waals surface area (Å²) in [6.45, 7) is 3.80. The maximum absolute atomic E-state index is 13.3. The fourth-order valence-electron chi connectivity index (χ4n) is 1.97. The Balaban J connectivity index is 1.68. The van der Waals surface area contributed by atoms with Crippen LogP contribution in [0.5, 0.6) is 0 Å². The van der Waals surface area contributed by atoms with Crippen LogP contribution >= 0.6 is 0 Å². The lowest BCUT2D eigenvalue weighted by Crippen LogP contribution is -2.47. The number of morpholine rings is 1. The number of hydrogen-bond donors (Lipinski definition) is 2. The van der Waals surface area contributed by atoms with E-state index in [1.807, 2.05) is 0 Å². The zero-order valence-electron chi connectivity index (χ0n) is 10.2. The van der Waals surface area contributed by atoms with Gasteiger partial charge in [-0.2, -0.15) is 0 Å². The van der Waals surface area contributed by atoms with Crippen molar-refractivity contribution in [1.29, 1.82) is 0 Å². The Labute approximate surface area is 106 Å². The SMILES string of the molecule is Fc1ccc(CCNCC2COCCN2)c(F)c1. The zero-order valence-corrected chi connectivity index (χ0v) is 10.2. The summed E-state index contributed by atoms with van der Waals surface area (Å²) in [4.78, 5) is 0. The lowest BCUT2D eigenvalue weighted by molar-refractivity contribution is 0.0768. The summed E-state index contributed by atoms with van der Waals surface area (Å²) < 4.78 is 31.4. The first-order chi connectivity index (χ1) is 8.75. The average Bonchev–Trinajstić information content (AvgIpc) is 2.38. The highest BCUT2D eigenvalue weighted by Gasteiger charge is 2.11. The molecule has 2 rings (SSSR count). The van der Waals surface area contributed by atoms with Crippen molar-refractivity contribution >= 4 is 0 Å². The molecule has 0 bridgehead atoms. The van der Waals surface area contributed by atoms with Crippen molar-refractivity contribution in [2.45, 2.75) is 12.5 Å². The molecule has 2 N–H and O–H groups in total. The Morgan fingerprint density at radius 3 is 3.00 bits per heavy atom. The van der Waals surface area contributed by atoms with Crippen molar-refractivity contribution in [3.63, 3.8) is 0 Å². The van der Waals surface area contributed by atoms with Crippen molar-refractivity contribution in [3.05, 3.63) is 35.4 Å². The number of rotatable bonds is 5. The van der Waals surface area contributed by atoms with Gasteiger partial charge < -0.3 is 15.4 Å². The van der Waals surface area contributed by atoms with Crippen LogP contribution in [0.4, 0.5) is 8.78 Å². The summed E-state index contributed by atoms with van der Waals surface area (Å²) in [6, 6.07) is 4.02. The predicted octanol–water partition coefficient (Wildman–Crippen LogP) is 1.09. The van der Waals surface area contributed by atoms with Gasteiger partial charge >= 0.3 is 0 Å². The molecule has 0 saturated carbocycles. The summed E-state index contributed by atoms with van der Waals surface area (Å²) in [5, 5.41) is 6.57. The predicted molar refractivity (Wildman–Crippen MR) is 65.5 cm³/mol. The molecule has 3 nitrogen and oxygen atoms in total. The first-order valence-corrected chi connectivity index (χ1v) is 6.21. The highest BCUT2D eigenvalue weighted by Crippen LogP contribution is 2.09. The van der Waals surface area contributed by atoms with E-state index in [-0.39, 0.29) is 0 Å². The summed E-state index contributed by atoms with van der Waals surface area (Å²) in [5.41, 5.74) is 0.539. The van der Waals surface area contributed by atoms with E-state index in [4.69, 9.17) is 4.74 Å². The third kappa shape index (κ3) is 4.01. The molecule has 1 atom stereocenters. The van der Waals surface area contributed by atoms with Crippen molar-refractivity contribution in [2.24, 2.45) is 0 Å². The van der Waals surface area contributed by atoms with Crippen LogP contribution in [-0.4, -0.2) is 38.9 Å². The molecule has 0 aliphatic carbocycles. The second-order valence-electron chi connectivity index (χ2n) is 4.42. The Bertz CT molecular complexity index is 381. The molecule has 0 radical (unpaired) electrons. The monoisotopic (exact) mass is 256 g/mol. The third-order valence-electron chi connectivity index (χ3n) is 2.98. The van der Waals surface area contributed by atoms with E-state index < -0.39 is 11.6 Å². The van der Waals surface area contributed by atoms with Gasteiger partial charge in [-0.15, -0.1) is 0 Å². The van der Waals surface area contributed by atoms with Gasteiger partial charge in [0.15, 0.2) is 0 Å². The van der Waals surface area contributed by atoms with E-state index in [1.165, 1.54) is 12.1 Å². The first kappa shape index (κ1) is 13.4. The van der Waals surface area contributed by atoms with E-state index in [1.54, 1.807) is 0 Å². The summed E-state index contributed by atoms with van der Waals surface area (Å²) in [5.74, 6) is -1.01. The second kappa shape index (κ2) is 6.78. The Morgan fingerprint density at radius 2 is 2.28 bits per heavy atom. The van der Waals surface area contributed by atoms with Crippen molar-refractivity contribution in [3.8, 4) is 0 Å². The first-order valence-electron chi connectivity index (χ1n) is 6.21. The Kier molecular flexibility index (Phi) is 5.04. The summed E-state index contributed by atoms with van der Waals surface area (Å²) in [6.07, 6.45) is 0.555. The van der Waals surface area contributed by atoms with Gasteiger partial charge in [0.25, 0.3) is 0 Å². The summed E-state index contributed by atoms with van der Waals surface area (Å²) in [7, 11) is 0. The van der Waals surface area contributed by atoms with E-state index in [2.05, 4.69) is 10.6 Å². The third-order valence-corrected chi connectivity index (χ3v) is 2.98. The lowest BCUT2D eigenvalue weighted by Gasteiger charge is -2.24. The largest absolute Gasteiger partial charge is 0.378 e. The quantitative estimate of drug-likeness (QED) is 0.774. The van der Waals surface area contributed by atoms with Gasteiger partial charge in [-0.3, -0.25) is 0 Å². The van der Waals surface area contributed by atoms with E-state index in [9.17, 15) is 8.78 Å². The van der Waals surface area contributed by atoms with E-state index in [0.29, 0.717) is 31.2 Å². The van der Waals surface area contributed by atoms with Crippen LogP contribution in [0, 0.1) is 11.6 Å². The van der Waals surface area contributed by atoms with Gasteiger partial charge in [0.1, 0.15) is 11.6 Å². The number of benzene rings is 1. The Hall–Kier alpha value is -1.04. The van der Waals surface area contributed by atoms with E-state index >= 15 is 0 Å². The number of ether oxygens (including phenoxy) is 1. The highest BCUT2D eigenvalue weighted by atomic mass is 19.1. The molecule has 1 aliphatic heterocycles. The average molecular weight is 256 g/mol. The molecule has 0 amide bonds. The standard InChI is InChI=1S/C13H18F2N2O/c14-11-2-1-10(13(15)7-11)3-4-16-8-12-9-18-6-5-17-12/h1-2,7,12,16-17H,3-6,8-9H2. The van der Waals surface area contributed by atoms with Gasteiger partial charge in [0.05, 0.1) is 13.2 Å². The molecule has 1 fully saturated rings. The van der Waals surface area contributed by atoms with Gasteiger partial charge in [-0.1, -0.05) is 6.07 Å². The molecule has 1 aromatic rings. The van der Waals surface area contributed by atoms with Crippen LogP contribution in [0.25, 0.3) is 0 Å². The molecule has 0 spiro atoms. The van der Waals surface area contributed by atoms with Crippen LogP contribution in [0.3, 0.4) is 0 Å². The fourth-order valence-corrected chi connectivity index (χ4v) is 1.97. The maximum Gasteiger partial charge on any atom is 0.129 e. The molecule has 0 aromatic heterocycles. The molecule has 100 valence electrons. The fraction of sp³-hybridized carbons (Fsp3) is 0.538. The van der Waals surface area contributed by atoms with Crippen molar-refractivity contribution in [2.75, 3.05) is 32.8 Å². The van der Waals surface area contributed by atoms with Crippen LogP contribution in [-0.2, 0) is 11.2 Å². The van der Waals surface area contributed by atoms with Crippen molar-refractivity contribution in [1.82, 2.24) is 10.6 Å². The molecule has 1 aliphatic rings. The minimum absolute atomic E-state index is 0.316. The number of hydrogen-bond acceptors (Lipinski definition) is 3. The molecule has 1 heterocycles. The highest BCUT2D eigenvalue weighted by molar-refractivity contribution is 5.18. The van der Waals surface area contributed by atoms with Gasteiger partial charge in [0, 0.05) is 25.2 Å². The van der Waals surface area contributed by atoms with E-state index in [0.717, 1.165) is 25.8 Å². The zero-order chi connectivity index (χ0) is 12.8. The smallest absolute Gasteiger partial charge is 0.129 e. The Morgan fingerprint density at radius 1 is 1.39 bits per heavy atom. The second-order valence-corrected chi connectivity index (χ2v) is 4.42. The topological polar surface area (TPSA) is 33.3 Å². The molecular formula is C13H18F2N2O. The number of nitrogens with one attached hydrogen (secondary N) is 2. The van der Waals surface area contributed by atoms with Crippen LogP contribution in [0.1, 0.15) is 5.56 Å². The molecule has 1 unspecified atom stereocenters. The lowest BCUT2D eigenvalue weighted by atomic mass is 10.1. The molecule has 1 saturated heterocycles. The van der Waals surface area contributed by atoms with Gasteiger partial charge in [-0.05, 0) is 24.6 Å². The molecule has 5 heteroatoms. The normalized spacial score (nSPS) is 20.0. The van der Waals surface area contributed by atoms with Gasteiger partial charge in [0.2, 0.25) is 0 Å². The van der Waals surface area contributed by atoms with Crippen LogP contribution < -0.4 is 10.6 Å². The molecule has 1 aromatic carbocycles. The van der Waals surface area contributed by atoms with Gasteiger partial charge in [-0.25, -0.2) is 8.78 Å². The maximum atomic E-state index is 13.3.